The van der Waals surface area contributed by atoms with Crippen molar-refractivity contribution in [1.82, 2.24) is 20.4 Å². The first-order chi connectivity index (χ1) is 13.4. The van der Waals surface area contributed by atoms with Crippen molar-refractivity contribution in [1.29, 1.82) is 0 Å². The Morgan fingerprint density at radius 1 is 1.36 bits per heavy atom. The van der Waals surface area contributed by atoms with E-state index >= 15 is 0 Å². The summed E-state index contributed by atoms with van der Waals surface area (Å²) < 4.78 is 10.8. The fraction of sp³-hybridized carbons (Fsp3) is 0.526. The third kappa shape index (κ3) is 3.43. The number of aromatic nitrogens is 2. The van der Waals surface area contributed by atoms with E-state index < -0.39 is 17.2 Å². The number of carbonyl (C=O) groups is 2. The molecule has 2 saturated heterocycles. The molecule has 2 amide bonds. The SMILES string of the molecule is C[C@@]1(NC(=O)c2ccc[nH]2)CC2(CCN(C(=O)c3ccon3)CC2)OC[C@H]1O. The van der Waals surface area contributed by atoms with Gasteiger partial charge in [0.1, 0.15) is 18.1 Å². The molecule has 0 saturated carbocycles. The third-order valence-electron chi connectivity index (χ3n) is 5.83. The lowest BCUT2D eigenvalue weighted by Crippen LogP contribution is -2.65. The molecule has 2 fully saturated rings. The van der Waals surface area contributed by atoms with Crippen molar-refractivity contribution in [3.8, 4) is 0 Å². The molecule has 2 aliphatic rings. The summed E-state index contributed by atoms with van der Waals surface area (Å²) in [6, 6.07) is 4.99. The van der Waals surface area contributed by atoms with Crippen molar-refractivity contribution < 1.29 is 24.0 Å². The van der Waals surface area contributed by atoms with E-state index in [2.05, 4.69) is 15.5 Å². The van der Waals surface area contributed by atoms with Gasteiger partial charge in [0.25, 0.3) is 11.8 Å². The molecule has 9 heteroatoms. The van der Waals surface area contributed by atoms with Crippen LogP contribution in [-0.4, -0.2) is 68.9 Å². The topological polar surface area (TPSA) is 121 Å². The van der Waals surface area contributed by atoms with Gasteiger partial charge >= 0.3 is 0 Å². The molecule has 4 rings (SSSR count). The standard InChI is InChI=1S/C19H24N4O5/c1-18(21-16(25)13-3-2-7-20-13)12-19(27-11-15(18)24)5-8-23(9-6-19)17(26)14-4-10-28-22-14/h2-4,7,10,15,20,24H,5-6,8-9,11-12H2,1H3,(H,21,25)/t15-,18-/m1/s1. The fourth-order valence-corrected chi connectivity index (χ4v) is 4.13. The second-order valence-corrected chi connectivity index (χ2v) is 7.82. The highest BCUT2D eigenvalue weighted by molar-refractivity contribution is 5.93. The number of hydrogen-bond acceptors (Lipinski definition) is 6. The van der Waals surface area contributed by atoms with Crippen molar-refractivity contribution in [2.24, 2.45) is 0 Å². The molecule has 4 heterocycles. The predicted molar refractivity (Wildman–Crippen MR) is 97.6 cm³/mol. The zero-order valence-electron chi connectivity index (χ0n) is 15.7. The lowest BCUT2D eigenvalue weighted by atomic mass is 9.74. The number of nitrogens with one attached hydrogen (secondary N) is 2. The molecule has 2 atom stereocenters. The summed E-state index contributed by atoms with van der Waals surface area (Å²) in [7, 11) is 0. The average molecular weight is 388 g/mol. The quantitative estimate of drug-likeness (QED) is 0.720. The van der Waals surface area contributed by atoms with Crippen LogP contribution < -0.4 is 5.32 Å². The molecule has 3 N–H and O–H groups in total. The molecule has 0 unspecified atom stereocenters. The van der Waals surface area contributed by atoms with Crippen LogP contribution in [0.15, 0.2) is 35.2 Å². The lowest BCUT2D eigenvalue weighted by Gasteiger charge is -2.51. The second-order valence-electron chi connectivity index (χ2n) is 7.82. The Morgan fingerprint density at radius 3 is 2.79 bits per heavy atom. The van der Waals surface area contributed by atoms with Gasteiger partial charge in [0.05, 0.1) is 17.7 Å². The van der Waals surface area contributed by atoms with Crippen molar-refractivity contribution >= 4 is 11.8 Å². The number of rotatable bonds is 3. The number of amides is 2. The Labute approximate surface area is 162 Å². The van der Waals surface area contributed by atoms with E-state index in [1.807, 2.05) is 6.92 Å². The normalized spacial score (nSPS) is 26.9. The van der Waals surface area contributed by atoms with E-state index in [1.54, 1.807) is 29.3 Å². The monoisotopic (exact) mass is 388 g/mol. The van der Waals surface area contributed by atoms with E-state index in [-0.39, 0.29) is 18.4 Å². The van der Waals surface area contributed by atoms with E-state index in [1.165, 1.54) is 6.26 Å². The van der Waals surface area contributed by atoms with Crippen molar-refractivity contribution in [2.45, 2.75) is 43.4 Å². The van der Waals surface area contributed by atoms with Gasteiger partial charge < -0.3 is 29.6 Å². The van der Waals surface area contributed by atoms with Crippen LogP contribution in [0.3, 0.4) is 0 Å². The highest BCUT2D eigenvalue weighted by Gasteiger charge is 2.50. The van der Waals surface area contributed by atoms with Crippen LogP contribution in [0.4, 0.5) is 0 Å². The molecular weight excluding hydrogens is 364 g/mol. The van der Waals surface area contributed by atoms with Gasteiger partial charge in [-0.1, -0.05) is 5.16 Å². The predicted octanol–water partition coefficient (Wildman–Crippen LogP) is 0.947. The van der Waals surface area contributed by atoms with Crippen LogP contribution in [0.2, 0.25) is 0 Å². The van der Waals surface area contributed by atoms with Gasteiger partial charge in [0.2, 0.25) is 0 Å². The number of aromatic amines is 1. The minimum absolute atomic E-state index is 0.138. The van der Waals surface area contributed by atoms with Crippen LogP contribution in [0, 0.1) is 0 Å². The molecule has 2 aliphatic heterocycles. The van der Waals surface area contributed by atoms with E-state index in [9.17, 15) is 14.7 Å². The molecule has 9 nitrogen and oxygen atoms in total. The highest BCUT2D eigenvalue weighted by Crippen LogP contribution is 2.40. The van der Waals surface area contributed by atoms with Crippen molar-refractivity contribution in [3.05, 3.63) is 42.0 Å². The Morgan fingerprint density at radius 2 is 2.14 bits per heavy atom. The second kappa shape index (κ2) is 7.06. The maximum atomic E-state index is 12.5. The van der Waals surface area contributed by atoms with Crippen LogP contribution in [0.1, 0.15) is 47.2 Å². The lowest BCUT2D eigenvalue weighted by molar-refractivity contribution is -0.175. The fourth-order valence-electron chi connectivity index (χ4n) is 4.13. The van der Waals surface area contributed by atoms with Crippen molar-refractivity contribution in [2.75, 3.05) is 19.7 Å². The van der Waals surface area contributed by atoms with Crippen LogP contribution in [-0.2, 0) is 4.74 Å². The van der Waals surface area contributed by atoms with Crippen LogP contribution in [0.25, 0.3) is 0 Å². The molecule has 150 valence electrons. The van der Waals surface area contributed by atoms with Gasteiger partial charge in [-0.25, -0.2) is 0 Å². The summed E-state index contributed by atoms with van der Waals surface area (Å²) in [5.74, 6) is -0.426. The molecule has 28 heavy (non-hydrogen) atoms. The highest BCUT2D eigenvalue weighted by atomic mass is 16.5. The molecular formula is C19H24N4O5. The van der Waals surface area contributed by atoms with Gasteiger partial charge in [0, 0.05) is 31.8 Å². The Balaban J connectivity index is 1.43. The number of aliphatic hydroxyl groups is 1. The zero-order valence-corrected chi connectivity index (χ0v) is 15.7. The van der Waals surface area contributed by atoms with E-state index in [0.717, 1.165) is 0 Å². The molecule has 2 aromatic rings. The van der Waals surface area contributed by atoms with Gasteiger partial charge in [-0.15, -0.1) is 0 Å². The molecule has 1 spiro atoms. The number of piperidine rings is 1. The summed E-state index contributed by atoms with van der Waals surface area (Å²) in [6.45, 7) is 3.01. The number of H-pyrrole nitrogens is 1. The van der Waals surface area contributed by atoms with E-state index in [4.69, 9.17) is 9.26 Å². The first-order valence-electron chi connectivity index (χ1n) is 9.38. The number of carbonyl (C=O) groups excluding carboxylic acids is 2. The Kier molecular flexibility index (Phi) is 4.72. The smallest absolute Gasteiger partial charge is 0.276 e. The van der Waals surface area contributed by atoms with Crippen molar-refractivity contribution in [3.63, 3.8) is 0 Å². The first-order valence-corrected chi connectivity index (χ1v) is 9.38. The maximum Gasteiger partial charge on any atom is 0.276 e. The summed E-state index contributed by atoms with van der Waals surface area (Å²) in [5, 5.41) is 17.2. The number of ether oxygens (including phenoxy) is 1. The average Bonchev–Trinajstić information content (AvgIpc) is 3.39. The van der Waals surface area contributed by atoms with E-state index in [0.29, 0.717) is 43.7 Å². The Bertz CT molecular complexity index is 827. The molecule has 0 bridgehead atoms. The molecule has 0 aliphatic carbocycles. The number of aliphatic hydroxyl groups excluding tert-OH is 1. The molecule has 2 aromatic heterocycles. The van der Waals surface area contributed by atoms with Crippen LogP contribution in [0.5, 0.6) is 0 Å². The van der Waals surface area contributed by atoms with Gasteiger partial charge in [-0.05, 0) is 31.9 Å². The Hall–Kier alpha value is -2.65. The summed E-state index contributed by atoms with van der Waals surface area (Å²) in [4.78, 5) is 29.6. The maximum absolute atomic E-state index is 12.5. The first kappa shape index (κ1) is 18.7. The number of nitrogens with zero attached hydrogens (tertiary/aromatic N) is 2. The zero-order chi connectivity index (χ0) is 19.8. The van der Waals surface area contributed by atoms with Gasteiger partial charge in [-0.3, -0.25) is 9.59 Å². The number of hydrogen-bond donors (Lipinski definition) is 3. The van der Waals surface area contributed by atoms with Crippen LogP contribution >= 0.6 is 0 Å². The van der Waals surface area contributed by atoms with Gasteiger partial charge in [0.15, 0.2) is 5.69 Å². The minimum atomic E-state index is -0.821. The largest absolute Gasteiger partial charge is 0.388 e. The third-order valence-corrected chi connectivity index (χ3v) is 5.83. The summed E-state index contributed by atoms with van der Waals surface area (Å²) in [5.41, 5.74) is -0.572. The summed E-state index contributed by atoms with van der Waals surface area (Å²) >= 11 is 0. The molecule has 0 aromatic carbocycles. The minimum Gasteiger partial charge on any atom is -0.388 e. The summed E-state index contributed by atoms with van der Waals surface area (Å²) in [6.07, 6.45) is 3.96. The van der Waals surface area contributed by atoms with Gasteiger partial charge in [-0.2, -0.15) is 0 Å². The molecule has 0 radical (unpaired) electrons. The number of likely N-dealkylation sites (tertiary alicyclic amines) is 1.